The molecule has 2 aromatic carbocycles. The monoisotopic (exact) mass is 546 g/mol. The van der Waals surface area contributed by atoms with Crippen LogP contribution in [-0.4, -0.2) is 30.4 Å². The van der Waals surface area contributed by atoms with Crippen LogP contribution < -0.4 is 0 Å². The molecule has 0 spiro atoms. The summed E-state index contributed by atoms with van der Waals surface area (Å²) in [5.41, 5.74) is 1.92. The molecule has 2 aromatic rings. The van der Waals surface area contributed by atoms with E-state index >= 15 is 0 Å². The maximum Gasteiger partial charge on any atom is 0.348 e. The van der Waals surface area contributed by atoms with Gasteiger partial charge in [-0.25, -0.2) is 0 Å². The Balaban J connectivity index is 1.68. The smallest absolute Gasteiger partial charge is 0.348 e. The second-order valence-electron chi connectivity index (χ2n) is 11.1. The van der Waals surface area contributed by atoms with Gasteiger partial charge in [0.05, 0.1) is 13.2 Å². The molecule has 4 rings (SSSR count). The first kappa shape index (κ1) is 28.4. The molecule has 0 heterocycles. The van der Waals surface area contributed by atoms with Gasteiger partial charge in [-0.3, -0.25) is 9.36 Å². The lowest BCUT2D eigenvalue weighted by Crippen LogP contribution is -2.45. The predicted octanol–water partition coefficient (Wildman–Crippen LogP) is 8.16. The van der Waals surface area contributed by atoms with E-state index < -0.39 is 18.7 Å². The molecule has 0 aromatic heterocycles. The minimum atomic E-state index is -3.81. The van der Waals surface area contributed by atoms with Crippen molar-refractivity contribution in [3.05, 3.63) is 70.7 Å². The van der Waals surface area contributed by atoms with Crippen molar-refractivity contribution in [3.63, 3.8) is 0 Å². The van der Waals surface area contributed by atoms with Crippen molar-refractivity contribution in [1.82, 2.24) is 0 Å². The van der Waals surface area contributed by atoms with Crippen LogP contribution in [0.15, 0.2) is 54.6 Å². The highest BCUT2D eigenvalue weighted by molar-refractivity contribution is 7.57. The van der Waals surface area contributed by atoms with E-state index in [1.807, 2.05) is 18.2 Å². The average Bonchev–Trinajstić information content (AvgIpc) is 3.63. The molecule has 202 valence electrons. The van der Waals surface area contributed by atoms with Gasteiger partial charge < -0.3 is 13.8 Å². The third-order valence-electron chi connectivity index (χ3n) is 8.40. The average molecular weight is 547 g/mol. The predicted molar refractivity (Wildman–Crippen MR) is 148 cm³/mol. The van der Waals surface area contributed by atoms with Crippen molar-refractivity contribution in [2.75, 3.05) is 13.2 Å². The van der Waals surface area contributed by atoms with Gasteiger partial charge in [0.15, 0.2) is 5.16 Å². The Morgan fingerprint density at radius 1 is 1.03 bits per heavy atom. The lowest BCUT2D eigenvalue weighted by molar-refractivity contribution is -0.157. The first-order chi connectivity index (χ1) is 17.6. The summed E-state index contributed by atoms with van der Waals surface area (Å²) in [4.78, 5) is 14.2. The number of hydrogen-bond acceptors (Lipinski definition) is 5. The van der Waals surface area contributed by atoms with Crippen LogP contribution >= 0.6 is 19.2 Å². The molecule has 0 aliphatic heterocycles. The molecule has 0 saturated heterocycles. The Labute approximate surface area is 226 Å². The number of hydrogen-bond donors (Lipinski definition) is 0. The van der Waals surface area contributed by atoms with Crippen LogP contribution in [0, 0.1) is 11.8 Å². The minimum Gasteiger partial charge on any atom is -0.461 e. The van der Waals surface area contributed by atoms with Gasteiger partial charge >= 0.3 is 13.6 Å². The standard InChI is InChI=1S/C30H40ClO5P/c1-6-34-37(33,35-7-2)30(20-26(30)22-14-16-24(31)17-15-22)28(32)36-27-19-21(3)13-18-25(27)29(4,5)23-11-9-8-10-12-23/h8-12,14-17,21,25-27H,6-7,13,18-20H2,1-5H3/t21-,25-,26-,27-,30-/m1/s1. The summed E-state index contributed by atoms with van der Waals surface area (Å²) < 4.78 is 32.2. The van der Waals surface area contributed by atoms with E-state index in [2.05, 4.69) is 45.0 Å². The zero-order valence-corrected chi connectivity index (χ0v) is 24.3. The molecule has 0 N–H and O–H groups in total. The Morgan fingerprint density at radius 3 is 2.24 bits per heavy atom. The molecular weight excluding hydrogens is 507 g/mol. The maximum absolute atomic E-state index is 14.2. The quantitative estimate of drug-likeness (QED) is 0.222. The fourth-order valence-corrected chi connectivity index (χ4v) is 8.75. The van der Waals surface area contributed by atoms with Gasteiger partial charge in [-0.1, -0.05) is 81.3 Å². The number of rotatable bonds is 10. The Kier molecular flexibility index (Phi) is 8.60. The largest absolute Gasteiger partial charge is 0.461 e. The van der Waals surface area contributed by atoms with E-state index in [4.69, 9.17) is 25.4 Å². The topological polar surface area (TPSA) is 61.8 Å². The lowest BCUT2D eigenvalue weighted by atomic mass is 9.64. The number of halogens is 1. The van der Waals surface area contributed by atoms with Crippen LogP contribution in [0.3, 0.4) is 0 Å². The molecule has 7 heteroatoms. The highest BCUT2D eigenvalue weighted by Gasteiger charge is 2.75. The zero-order valence-electron chi connectivity index (χ0n) is 22.6. The Bertz CT molecular complexity index is 1110. The van der Waals surface area contributed by atoms with Gasteiger partial charge in [0.25, 0.3) is 0 Å². The minimum absolute atomic E-state index is 0.137. The zero-order chi connectivity index (χ0) is 26.8. The molecule has 2 aliphatic carbocycles. The third kappa shape index (κ3) is 5.43. The number of carbonyl (C=O) groups excluding carboxylic acids is 1. The van der Waals surface area contributed by atoms with Crippen LogP contribution in [-0.2, 0) is 28.6 Å². The normalized spacial score (nSPS) is 28.1. The highest BCUT2D eigenvalue weighted by atomic mass is 35.5. The van der Waals surface area contributed by atoms with Gasteiger partial charge in [0, 0.05) is 16.9 Å². The summed E-state index contributed by atoms with van der Waals surface area (Å²) in [6, 6.07) is 17.8. The number of carbonyl (C=O) groups is 1. The third-order valence-corrected chi connectivity index (χ3v) is 11.5. The van der Waals surface area contributed by atoms with E-state index in [1.54, 1.807) is 26.0 Å². The van der Waals surface area contributed by atoms with Gasteiger partial charge in [-0.05, 0) is 67.7 Å². The molecule has 0 amide bonds. The van der Waals surface area contributed by atoms with Crippen molar-refractivity contribution in [1.29, 1.82) is 0 Å². The summed E-state index contributed by atoms with van der Waals surface area (Å²) in [6.45, 7) is 10.6. The molecule has 2 saturated carbocycles. The number of ether oxygens (including phenoxy) is 1. The van der Waals surface area contributed by atoms with Gasteiger partial charge in [0.1, 0.15) is 6.10 Å². The van der Waals surface area contributed by atoms with Crippen molar-refractivity contribution in [3.8, 4) is 0 Å². The molecule has 5 atom stereocenters. The van der Waals surface area contributed by atoms with E-state index in [-0.39, 0.29) is 36.6 Å². The van der Waals surface area contributed by atoms with Gasteiger partial charge in [-0.2, -0.15) is 0 Å². The highest BCUT2D eigenvalue weighted by Crippen LogP contribution is 2.77. The molecule has 2 aliphatic rings. The summed E-state index contributed by atoms with van der Waals surface area (Å²) in [7, 11) is -3.81. The number of esters is 1. The molecule has 37 heavy (non-hydrogen) atoms. The molecule has 2 fully saturated rings. The second-order valence-corrected chi connectivity index (χ2v) is 13.9. The van der Waals surface area contributed by atoms with Crippen molar-refractivity contribution in [2.45, 2.75) is 82.9 Å². The van der Waals surface area contributed by atoms with Crippen molar-refractivity contribution in [2.24, 2.45) is 11.8 Å². The lowest BCUT2D eigenvalue weighted by Gasteiger charge is -2.44. The van der Waals surface area contributed by atoms with E-state index in [0.717, 1.165) is 24.8 Å². The van der Waals surface area contributed by atoms with E-state index in [1.165, 1.54) is 5.56 Å². The van der Waals surface area contributed by atoms with Gasteiger partial charge in [0.2, 0.25) is 0 Å². The Hall–Kier alpha value is -1.65. The fraction of sp³-hybridized carbons (Fsp3) is 0.567. The summed E-state index contributed by atoms with van der Waals surface area (Å²) in [6.07, 6.45) is 2.90. The van der Waals surface area contributed by atoms with Crippen molar-refractivity contribution >= 4 is 25.2 Å². The summed E-state index contributed by atoms with van der Waals surface area (Å²) in [5.74, 6) is -0.208. The molecule has 5 nitrogen and oxygen atoms in total. The molecular formula is C30H40ClO5P. The molecule has 0 bridgehead atoms. The first-order valence-electron chi connectivity index (χ1n) is 13.5. The van der Waals surface area contributed by atoms with Crippen molar-refractivity contribution < 1.29 is 23.1 Å². The van der Waals surface area contributed by atoms with Crippen LogP contribution in [0.4, 0.5) is 0 Å². The first-order valence-corrected chi connectivity index (χ1v) is 15.4. The SMILES string of the molecule is CCOP(=O)(OCC)[C@]1(C(=O)O[C@@H]2C[C@H](C)CC[C@H]2C(C)(C)c2ccccc2)C[C@@H]1c1ccc(Cl)cc1. The van der Waals surface area contributed by atoms with E-state index in [0.29, 0.717) is 17.4 Å². The van der Waals surface area contributed by atoms with E-state index in [9.17, 15) is 9.36 Å². The van der Waals surface area contributed by atoms with Crippen LogP contribution in [0.5, 0.6) is 0 Å². The maximum atomic E-state index is 14.2. The summed E-state index contributed by atoms with van der Waals surface area (Å²) in [5, 5.41) is -0.743. The second kappa shape index (κ2) is 11.2. The van der Waals surface area contributed by atoms with Crippen LogP contribution in [0.1, 0.15) is 77.3 Å². The Morgan fingerprint density at radius 2 is 1.65 bits per heavy atom. The van der Waals surface area contributed by atoms with Gasteiger partial charge in [-0.15, -0.1) is 0 Å². The van der Waals surface area contributed by atoms with Crippen LogP contribution in [0.2, 0.25) is 5.02 Å². The van der Waals surface area contributed by atoms with Crippen LogP contribution in [0.25, 0.3) is 0 Å². The molecule has 0 radical (unpaired) electrons. The molecule has 0 unspecified atom stereocenters. The fourth-order valence-electron chi connectivity index (χ4n) is 6.19. The summed E-state index contributed by atoms with van der Waals surface area (Å²) >= 11 is 6.12. The number of benzene rings is 2.